The van der Waals surface area contributed by atoms with E-state index in [1.54, 1.807) is 0 Å². The van der Waals surface area contributed by atoms with Gasteiger partial charge in [0.05, 0.1) is 4.92 Å². The number of halogens is 1. The van der Waals surface area contributed by atoms with Crippen LogP contribution in [0.1, 0.15) is 36.5 Å². The van der Waals surface area contributed by atoms with Crippen molar-refractivity contribution in [2.75, 3.05) is 5.75 Å². The van der Waals surface area contributed by atoms with Crippen LogP contribution in [0.25, 0.3) is 0 Å². The van der Waals surface area contributed by atoms with Gasteiger partial charge in [0.1, 0.15) is 5.56 Å². The van der Waals surface area contributed by atoms with Crippen molar-refractivity contribution in [2.24, 2.45) is 0 Å². The van der Waals surface area contributed by atoms with E-state index >= 15 is 0 Å². The molecule has 0 bridgehead atoms. The number of nitrogens with one attached hydrogen (secondary N) is 1. The maximum atomic E-state index is 12.3. The summed E-state index contributed by atoms with van der Waals surface area (Å²) in [7, 11) is 0. The van der Waals surface area contributed by atoms with Crippen LogP contribution in [-0.2, 0) is 0 Å². The summed E-state index contributed by atoms with van der Waals surface area (Å²) in [6, 6.07) is 4.12. The lowest BCUT2D eigenvalue weighted by molar-refractivity contribution is -0.385. The van der Waals surface area contributed by atoms with Gasteiger partial charge in [0.15, 0.2) is 0 Å². The van der Waals surface area contributed by atoms with Gasteiger partial charge >= 0.3 is 0 Å². The molecule has 2 rings (SSSR count). The van der Waals surface area contributed by atoms with Crippen LogP contribution in [0.2, 0.25) is 5.02 Å². The predicted molar refractivity (Wildman–Crippen MR) is 85.1 cm³/mol. The summed E-state index contributed by atoms with van der Waals surface area (Å²) in [5.41, 5.74) is -0.187. The summed E-state index contributed by atoms with van der Waals surface area (Å²) in [6.07, 6.45) is 2.90. The molecular formula is C14H17ClN2O3S. The third-order valence-corrected chi connectivity index (χ3v) is 4.99. The molecule has 114 valence electrons. The summed E-state index contributed by atoms with van der Waals surface area (Å²) in [6.45, 7) is 2.12. The summed E-state index contributed by atoms with van der Waals surface area (Å²) in [4.78, 5) is 22.7. The Morgan fingerprint density at radius 3 is 2.95 bits per heavy atom. The second-order valence-electron chi connectivity index (χ2n) is 4.98. The Balaban J connectivity index is 2.07. The molecule has 2 atom stereocenters. The zero-order valence-corrected chi connectivity index (χ0v) is 13.2. The van der Waals surface area contributed by atoms with Crippen LogP contribution in [0.3, 0.4) is 0 Å². The number of nitro groups is 1. The molecule has 1 saturated carbocycles. The molecule has 0 radical (unpaired) electrons. The van der Waals surface area contributed by atoms with Crippen molar-refractivity contribution >= 4 is 35.0 Å². The monoisotopic (exact) mass is 328 g/mol. The summed E-state index contributed by atoms with van der Waals surface area (Å²) >= 11 is 7.74. The molecular weight excluding hydrogens is 312 g/mol. The molecule has 0 aromatic heterocycles. The lowest BCUT2D eigenvalue weighted by Gasteiger charge is -2.13. The fraction of sp³-hybridized carbons (Fsp3) is 0.500. The maximum Gasteiger partial charge on any atom is 0.282 e. The van der Waals surface area contributed by atoms with Crippen molar-refractivity contribution in [3.63, 3.8) is 0 Å². The molecule has 0 heterocycles. The minimum absolute atomic E-state index is 0.0269. The number of amides is 1. The van der Waals surface area contributed by atoms with Crippen molar-refractivity contribution < 1.29 is 9.72 Å². The van der Waals surface area contributed by atoms with Gasteiger partial charge in [-0.1, -0.05) is 18.5 Å². The number of carbonyl (C=O) groups is 1. The maximum absolute atomic E-state index is 12.3. The molecule has 5 nitrogen and oxygen atoms in total. The molecule has 1 aliphatic carbocycles. The minimum atomic E-state index is -0.560. The number of rotatable bonds is 5. The van der Waals surface area contributed by atoms with Crippen LogP contribution in [0, 0.1) is 10.1 Å². The highest BCUT2D eigenvalue weighted by molar-refractivity contribution is 7.99. The first-order valence-corrected chi connectivity index (χ1v) is 8.30. The first-order valence-electron chi connectivity index (χ1n) is 6.87. The fourth-order valence-corrected chi connectivity index (χ4v) is 3.89. The Morgan fingerprint density at radius 1 is 1.52 bits per heavy atom. The molecule has 7 heteroatoms. The molecule has 1 fully saturated rings. The van der Waals surface area contributed by atoms with E-state index in [-0.39, 0.29) is 17.3 Å². The number of thioether (sulfide) groups is 1. The van der Waals surface area contributed by atoms with Gasteiger partial charge < -0.3 is 5.32 Å². The van der Waals surface area contributed by atoms with Crippen molar-refractivity contribution in [1.29, 1.82) is 0 Å². The molecule has 0 spiro atoms. The molecule has 1 aliphatic rings. The summed E-state index contributed by atoms with van der Waals surface area (Å²) in [5.74, 6) is 0.641. The highest BCUT2D eigenvalue weighted by Gasteiger charge is 2.28. The van der Waals surface area contributed by atoms with E-state index in [0.29, 0.717) is 10.3 Å². The Hall–Kier alpha value is -1.27. The van der Waals surface area contributed by atoms with Gasteiger partial charge in [-0.15, -0.1) is 0 Å². The summed E-state index contributed by atoms with van der Waals surface area (Å²) < 4.78 is 0. The first kappa shape index (κ1) is 16.1. The van der Waals surface area contributed by atoms with Gasteiger partial charge in [-0.2, -0.15) is 11.8 Å². The van der Waals surface area contributed by atoms with Crippen molar-refractivity contribution in [1.82, 2.24) is 5.32 Å². The Kier molecular flexibility index (Phi) is 5.47. The van der Waals surface area contributed by atoms with Crippen LogP contribution in [0.4, 0.5) is 5.69 Å². The third-order valence-electron chi connectivity index (χ3n) is 3.52. The smallest absolute Gasteiger partial charge is 0.282 e. The topological polar surface area (TPSA) is 72.2 Å². The lowest BCUT2D eigenvalue weighted by atomic mass is 10.1. The predicted octanol–water partition coefficient (Wildman–Crippen LogP) is 3.65. The van der Waals surface area contributed by atoms with Crippen molar-refractivity contribution in [3.05, 3.63) is 38.9 Å². The van der Waals surface area contributed by atoms with E-state index < -0.39 is 10.8 Å². The van der Waals surface area contributed by atoms with Crippen LogP contribution >= 0.6 is 23.4 Å². The van der Waals surface area contributed by atoms with Gasteiger partial charge in [-0.3, -0.25) is 14.9 Å². The number of nitro benzene ring substituents is 1. The number of carbonyl (C=O) groups excluding carboxylic acids is 1. The summed E-state index contributed by atoms with van der Waals surface area (Å²) in [5, 5.41) is 14.8. The molecule has 0 saturated heterocycles. The second-order valence-corrected chi connectivity index (χ2v) is 6.99. The molecule has 1 aromatic rings. The van der Waals surface area contributed by atoms with Crippen LogP contribution in [0.5, 0.6) is 0 Å². The van der Waals surface area contributed by atoms with Crippen LogP contribution in [0.15, 0.2) is 18.2 Å². The van der Waals surface area contributed by atoms with Gasteiger partial charge in [-0.05, 0) is 37.1 Å². The second kappa shape index (κ2) is 7.13. The van der Waals surface area contributed by atoms with Crippen molar-refractivity contribution in [2.45, 2.75) is 37.5 Å². The fourth-order valence-electron chi connectivity index (χ4n) is 2.57. The van der Waals surface area contributed by atoms with Crippen LogP contribution in [-0.4, -0.2) is 27.9 Å². The van der Waals surface area contributed by atoms with E-state index in [1.165, 1.54) is 18.2 Å². The van der Waals surface area contributed by atoms with Crippen molar-refractivity contribution in [3.8, 4) is 0 Å². The van der Waals surface area contributed by atoms with Gasteiger partial charge in [0.25, 0.3) is 11.6 Å². The number of hydrogen-bond acceptors (Lipinski definition) is 4. The molecule has 1 amide bonds. The third kappa shape index (κ3) is 4.11. The zero-order chi connectivity index (χ0) is 15.4. The highest BCUT2D eigenvalue weighted by Crippen LogP contribution is 2.30. The van der Waals surface area contributed by atoms with Gasteiger partial charge in [0.2, 0.25) is 0 Å². The highest BCUT2D eigenvalue weighted by atomic mass is 35.5. The van der Waals surface area contributed by atoms with Crippen LogP contribution < -0.4 is 5.32 Å². The van der Waals surface area contributed by atoms with E-state index in [1.807, 2.05) is 11.8 Å². The Labute approximate surface area is 132 Å². The Bertz CT molecular complexity index is 553. The van der Waals surface area contributed by atoms with Gasteiger partial charge in [-0.25, -0.2) is 0 Å². The van der Waals surface area contributed by atoms with E-state index in [4.69, 9.17) is 11.6 Å². The largest absolute Gasteiger partial charge is 0.349 e. The van der Waals surface area contributed by atoms with E-state index in [2.05, 4.69) is 12.2 Å². The standard InChI is InChI=1S/C14H17ClN2O3S/c1-2-21-11-5-4-10(8-11)16-14(18)12-7-9(15)3-6-13(12)17(19)20/h3,6-7,10-11H,2,4-5,8H2,1H3,(H,16,18). The molecule has 1 aromatic carbocycles. The molecule has 0 aliphatic heterocycles. The average molecular weight is 329 g/mol. The first-order chi connectivity index (χ1) is 10.0. The normalized spacial score (nSPS) is 21.2. The molecule has 1 N–H and O–H groups in total. The van der Waals surface area contributed by atoms with E-state index in [9.17, 15) is 14.9 Å². The van der Waals surface area contributed by atoms with Gasteiger partial charge in [0, 0.05) is 22.4 Å². The average Bonchev–Trinajstić information content (AvgIpc) is 2.86. The Morgan fingerprint density at radius 2 is 2.29 bits per heavy atom. The zero-order valence-electron chi connectivity index (χ0n) is 11.7. The number of benzene rings is 1. The minimum Gasteiger partial charge on any atom is -0.349 e. The number of hydrogen-bond donors (Lipinski definition) is 1. The lowest BCUT2D eigenvalue weighted by Crippen LogP contribution is -2.33. The molecule has 21 heavy (non-hydrogen) atoms. The number of nitrogens with zero attached hydrogens (tertiary/aromatic N) is 1. The quantitative estimate of drug-likeness (QED) is 0.661. The van der Waals surface area contributed by atoms with E-state index in [0.717, 1.165) is 25.0 Å². The molecule has 2 unspecified atom stereocenters. The SMILES string of the molecule is CCSC1CCC(NC(=O)c2cc(Cl)ccc2[N+](=O)[O-])C1.